The summed E-state index contributed by atoms with van der Waals surface area (Å²) >= 11 is 0. The van der Waals surface area contributed by atoms with Gasteiger partial charge in [0.05, 0.1) is 6.42 Å². The molecule has 5 heteroatoms. The van der Waals surface area contributed by atoms with Crippen molar-refractivity contribution in [3.05, 3.63) is 35.4 Å². The molecule has 1 aromatic rings. The van der Waals surface area contributed by atoms with Crippen molar-refractivity contribution in [3.8, 4) is 0 Å². The smallest absolute Gasteiger partial charge is 0.227 e. The Morgan fingerprint density at radius 2 is 2.17 bits per heavy atom. The number of likely N-dealkylation sites (tertiary alicyclic amines) is 1. The molecule has 98 valence electrons. The molecule has 3 nitrogen and oxygen atoms in total. The van der Waals surface area contributed by atoms with Gasteiger partial charge in [-0.3, -0.25) is 4.79 Å². The Bertz CT molecular complexity index is 451. The van der Waals surface area contributed by atoms with Crippen LogP contribution in [0, 0.1) is 17.6 Å². The highest BCUT2D eigenvalue weighted by atomic mass is 19.2. The minimum Gasteiger partial charge on any atom is -0.342 e. The van der Waals surface area contributed by atoms with E-state index in [1.165, 1.54) is 6.07 Å². The van der Waals surface area contributed by atoms with Crippen LogP contribution in [-0.2, 0) is 11.2 Å². The number of nitrogens with zero attached hydrogens (tertiary/aromatic N) is 1. The van der Waals surface area contributed by atoms with Crippen molar-refractivity contribution in [3.63, 3.8) is 0 Å². The van der Waals surface area contributed by atoms with Crippen LogP contribution in [0.4, 0.5) is 8.78 Å². The highest BCUT2D eigenvalue weighted by Gasteiger charge is 2.25. The van der Waals surface area contributed by atoms with Gasteiger partial charge in [0.2, 0.25) is 5.91 Å². The molecule has 0 saturated carbocycles. The summed E-state index contributed by atoms with van der Waals surface area (Å²) in [5.41, 5.74) is 6.05. The average Bonchev–Trinajstić information content (AvgIpc) is 2.82. The minimum atomic E-state index is -0.915. The topological polar surface area (TPSA) is 46.3 Å². The first-order chi connectivity index (χ1) is 8.60. The maximum atomic E-state index is 13.0. The van der Waals surface area contributed by atoms with Crippen LogP contribution in [-0.4, -0.2) is 30.4 Å². The fourth-order valence-electron chi connectivity index (χ4n) is 2.19. The van der Waals surface area contributed by atoms with Crippen LogP contribution in [0.5, 0.6) is 0 Å². The molecule has 2 N–H and O–H groups in total. The number of benzene rings is 1. The van der Waals surface area contributed by atoms with Crippen molar-refractivity contribution in [2.75, 3.05) is 19.6 Å². The molecular weight excluding hydrogens is 238 g/mol. The van der Waals surface area contributed by atoms with E-state index in [9.17, 15) is 13.6 Å². The number of carbonyl (C=O) groups is 1. The van der Waals surface area contributed by atoms with Crippen molar-refractivity contribution >= 4 is 5.91 Å². The summed E-state index contributed by atoms with van der Waals surface area (Å²) in [7, 11) is 0. The van der Waals surface area contributed by atoms with Crippen molar-refractivity contribution in [1.82, 2.24) is 4.90 Å². The van der Waals surface area contributed by atoms with E-state index in [4.69, 9.17) is 5.73 Å². The zero-order valence-electron chi connectivity index (χ0n) is 10.0. The number of amides is 1. The molecule has 0 radical (unpaired) electrons. The molecule has 0 aliphatic carbocycles. The molecule has 18 heavy (non-hydrogen) atoms. The first-order valence-corrected chi connectivity index (χ1v) is 6.02. The van der Waals surface area contributed by atoms with E-state index in [0.29, 0.717) is 31.1 Å². The monoisotopic (exact) mass is 254 g/mol. The van der Waals surface area contributed by atoms with E-state index in [0.717, 1.165) is 18.6 Å². The lowest BCUT2D eigenvalue weighted by Gasteiger charge is -2.16. The van der Waals surface area contributed by atoms with Gasteiger partial charge in [-0.15, -0.1) is 0 Å². The van der Waals surface area contributed by atoms with Crippen molar-refractivity contribution in [2.24, 2.45) is 11.7 Å². The Balaban J connectivity index is 1.97. The van der Waals surface area contributed by atoms with Crippen LogP contribution in [0.15, 0.2) is 18.2 Å². The third-order valence-corrected chi connectivity index (χ3v) is 3.31. The van der Waals surface area contributed by atoms with E-state index < -0.39 is 11.6 Å². The molecule has 0 aromatic heterocycles. The van der Waals surface area contributed by atoms with Gasteiger partial charge in [-0.1, -0.05) is 6.07 Å². The second-order valence-corrected chi connectivity index (χ2v) is 4.66. The second-order valence-electron chi connectivity index (χ2n) is 4.66. The van der Waals surface area contributed by atoms with E-state index in [1.807, 2.05) is 0 Å². The number of rotatable bonds is 3. The maximum absolute atomic E-state index is 13.0. The van der Waals surface area contributed by atoms with Gasteiger partial charge in [-0.25, -0.2) is 8.78 Å². The summed E-state index contributed by atoms with van der Waals surface area (Å²) in [6.45, 7) is 1.94. The third-order valence-electron chi connectivity index (χ3n) is 3.31. The standard InChI is InChI=1S/C13H16F2N2O/c14-11-2-1-9(5-12(11)15)6-13(18)17-4-3-10(7-16)8-17/h1-2,5,10H,3-4,6-8,16H2/t10-/m1/s1. The minimum absolute atomic E-state index is 0.0584. The molecule has 0 unspecified atom stereocenters. The highest BCUT2D eigenvalue weighted by molar-refractivity contribution is 5.79. The molecule has 1 aliphatic rings. The number of hydrogen-bond donors (Lipinski definition) is 1. The number of nitrogens with two attached hydrogens (primary N) is 1. The van der Waals surface area contributed by atoms with Crippen LogP contribution in [0.1, 0.15) is 12.0 Å². The quantitative estimate of drug-likeness (QED) is 0.884. The van der Waals surface area contributed by atoms with Crippen LogP contribution in [0.2, 0.25) is 0 Å². The van der Waals surface area contributed by atoms with Crippen molar-refractivity contribution in [2.45, 2.75) is 12.8 Å². The first kappa shape index (κ1) is 13.0. The van der Waals surface area contributed by atoms with Gasteiger partial charge >= 0.3 is 0 Å². The summed E-state index contributed by atoms with van der Waals surface area (Å²) in [6.07, 6.45) is 1.02. The summed E-state index contributed by atoms with van der Waals surface area (Å²) < 4.78 is 25.8. The summed E-state index contributed by atoms with van der Waals surface area (Å²) in [6, 6.07) is 3.56. The fourth-order valence-corrected chi connectivity index (χ4v) is 2.19. The molecule has 1 amide bonds. The average molecular weight is 254 g/mol. The predicted octanol–water partition coefficient (Wildman–Crippen LogP) is 1.31. The van der Waals surface area contributed by atoms with Crippen LogP contribution < -0.4 is 5.73 Å². The van der Waals surface area contributed by atoms with E-state index in [2.05, 4.69) is 0 Å². The summed E-state index contributed by atoms with van der Waals surface area (Å²) in [5.74, 6) is -1.51. The maximum Gasteiger partial charge on any atom is 0.227 e. The largest absolute Gasteiger partial charge is 0.342 e. The molecule has 2 rings (SSSR count). The molecule has 1 aromatic carbocycles. The molecule has 1 aliphatic heterocycles. The summed E-state index contributed by atoms with van der Waals surface area (Å²) in [4.78, 5) is 13.7. The molecule has 0 bridgehead atoms. The van der Waals surface area contributed by atoms with Crippen molar-refractivity contribution in [1.29, 1.82) is 0 Å². The number of carbonyl (C=O) groups excluding carboxylic acids is 1. The van der Waals surface area contributed by atoms with Crippen LogP contribution >= 0.6 is 0 Å². The SMILES string of the molecule is NC[C@H]1CCN(C(=O)Cc2ccc(F)c(F)c2)C1. The van der Waals surface area contributed by atoms with Gasteiger partial charge in [-0.2, -0.15) is 0 Å². The second kappa shape index (κ2) is 5.44. The van der Waals surface area contributed by atoms with Gasteiger partial charge < -0.3 is 10.6 Å². The number of hydrogen-bond acceptors (Lipinski definition) is 2. The lowest BCUT2D eigenvalue weighted by atomic mass is 10.1. The molecule has 1 heterocycles. The third kappa shape index (κ3) is 2.85. The van der Waals surface area contributed by atoms with Gasteiger partial charge in [0.15, 0.2) is 11.6 Å². The first-order valence-electron chi connectivity index (χ1n) is 6.02. The Kier molecular flexibility index (Phi) is 3.91. The van der Waals surface area contributed by atoms with Gasteiger partial charge in [0.1, 0.15) is 0 Å². The summed E-state index contributed by atoms with van der Waals surface area (Å²) in [5, 5.41) is 0. The number of halogens is 2. The van der Waals surface area contributed by atoms with Crippen LogP contribution in [0.25, 0.3) is 0 Å². The van der Waals surface area contributed by atoms with Crippen molar-refractivity contribution < 1.29 is 13.6 Å². The molecule has 1 atom stereocenters. The Labute approximate surface area is 105 Å². The fraction of sp³-hybridized carbons (Fsp3) is 0.462. The Morgan fingerprint density at radius 3 is 2.78 bits per heavy atom. The van der Waals surface area contributed by atoms with E-state index >= 15 is 0 Å². The molecular formula is C13H16F2N2O. The molecule has 1 saturated heterocycles. The zero-order valence-corrected chi connectivity index (χ0v) is 10.0. The lowest BCUT2D eigenvalue weighted by molar-refractivity contribution is -0.129. The Hall–Kier alpha value is -1.49. The normalized spacial score (nSPS) is 19.3. The van der Waals surface area contributed by atoms with E-state index in [1.54, 1.807) is 4.90 Å². The predicted molar refractivity (Wildman–Crippen MR) is 63.8 cm³/mol. The van der Waals surface area contributed by atoms with Gasteiger partial charge in [-0.05, 0) is 36.6 Å². The zero-order chi connectivity index (χ0) is 13.1. The highest BCUT2D eigenvalue weighted by Crippen LogP contribution is 2.17. The molecule has 1 fully saturated rings. The van der Waals surface area contributed by atoms with Crippen LogP contribution in [0.3, 0.4) is 0 Å². The Morgan fingerprint density at radius 1 is 1.39 bits per heavy atom. The molecule has 0 spiro atoms. The lowest BCUT2D eigenvalue weighted by Crippen LogP contribution is -2.31. The van der Waals surface area contributed by atoms with Gasteiger partial charge in [0, 0.05) is 13.1 Å². The van der Waals surface area contributed by atoms with Gasteiger partial charge in [0.25, 0.3) is 0 Å². The van der Waals surface area contributed by atoms with E-state index in [-0.39, 0.29) is 12.3 Å².